The molecule has 0 saturated heterocycles. The summed E-state index contributed by atoms with van der Waals surface area (Å²) in [5, 5.41) is 15.8. The van der Waals surface area contributed by atoms with Crippen molar-refractivity contribution in [1.82, 2.24) is 15.0 Å². The first-order chi connectivity index (χ1) is 6.83. The van der Waals surface area contributed by atoms with Gasteiger partial charge in [-0.05, 0) is 12.1 Å². The lowest BCUT2D eigenvalue weighted by Crippen LogP contribution is -2.00. The molecule has 1 heterocycles. The van der Waals surface area contributed by atoms with E-state index in [2.05, 4.69) is 10.3 Å². The SMILES string of the molecule is OCc1nnn(-c2ccccc2)c1F. The third-order valence-corrected chi connectivity index (χ3v) is 1.83. The maximum atomic E-state index is 13.4. The Labute approximate surface area is 79.6 Å². The number of benzene rings is 1. The number of halogens is 1. The van der Waals surface area contributed by atoms with E-state index in [0.717, 1.165) is 4.68 Å². The fourth-order valence-corrected chi connectivity index (χ4v) is 1.13. The smallest absolute Gasteiger partial charge is 0.242 e. The van der Waals surface area contributed by atoms with Crippen LogP contribution in [0.2, 0.25) is 0 Å². The number of aromatic nitrogens is 3. The number of nitrogens with zero attached hydrogens (tertiary/aromatic N) is 3. The summed E-state index contributed by atoms with van der Waals surface area (Å²) in [6.07, 6.45) is 0. The van der Waals surface area contributed by atoms with E-state index in [9.17, 15) is 4.39 Å². The van der Waals surface area contributed by atoms with Crippen LogP contribution in [0.1, 0.15) is 5.69 Å². The molecule has 0 aliphatic rings. The van der Waals surface area contributed by atoms with E-state index in [1.807, 2.05) is 6.07 Å². The Morgan fingerprint density at radius 1 is 1.29 bits per heavy atom. The van der Waals surface area contributed by atoms with Crippen LogP contribution in [0.4, 0.5) is 4.39 Å². The predicted octanol–water partition coefficient (Wildman–Crippen LogP) is 0.899. The van der Waals surface area contributed by atoms with E-state index in [4.69, 9.17) is 5.11 Å². The molecule has 1 aromatic carbocycles. The average Bonchev–Trinajstić information content (AvgIpc) is 2.61. The van der Waals surface area contributed by atoms with E-state index < -0.39 is 12.6 Å². The highest BCUT2D eigenvalue weighted by Crippen LogP contribution is 2.10. The predicted molar refractivity (Wildman–Crippen MR) is 47.2 cm³/mol. The molecule has 2 rings (SSSR count). The van der Waals surface area contributed by atoms with E-state index in [1.54, 1.807) is 24.3 Å². The molecule has 5 heteroatoms. The summed E-state index contributed by atoms with van der Waals surface area (Å²) in [6.45, 7) is -0.446. The van der Waals surface area contributed by atoms with Gasteiger partial charge in [0.25, 0.3) is 0 Å². The molecule has 0 aliphatic heterocycles. The molecule has 0 amide bonds. The fourth-order valence-electron chi connectivity index (χ4n) is 1.13. The molecule has 1 aromatic heterocycles. The van der Waals surface area contributed by atoms with Crippen LogP contribution in [0.15, 0.2) is 30.3 Å². The third-order valence-electron chi connectivity index (χ3n) is 1.83. The van der Waals surface area contributed by atoms with Crippen LogP contribution < -0.4 is 0 Å². The summed E-state index contributed by atoms with van der Waals surface area (Å²) >= 11 is 0. The Morgan fingerprint density at radius 2 is 2.00 bits per heavy atom. The maximum absolute atomic E-state index is 13.4. The maximum Gasteiger partial charge on any atom is 0.242 e. The third kappa shape index (κ3) is 1.38. The molecule has 14 heavy (non-hydrogen) atoms. The van der Waals surface area contributed by atoms with Crippen molar-refractivity contribution in [1.29, 1.82) is 0 Å². The normalized spacial score (nSPS) is 10.4. The molecule has 0 bridgehead atoms. The van der Waals surface area contributed by atoms with E-state index in [1.165, 1.54) is 0 Å². The molecular weight excluding hydrogens is 185 g/mol. The highest BCUT2D eigenvalue weighted by atomic mass is 19.1. The molecule has 0 unspecified atom stereocenters. The zero-order valence-electron chi connectivity index (χ0n) is 7.26. The van der Waals surface area contributed by atoms with Crippen molar-refractivity contribution in [3.05, 3.63) is 42.0 Å². The second-order valence-corrected chi connectivity index (χ2v) is 2.73. The van der Waals surface area contributed by atoms with Gasteiger partial charge in [-0.3, -0.25) is 0 Å². The minimum absolute atomic E-state index is 0.0474. The molecule has 0 radical (unpaired) electrons. The van der Waals surface area contributed by atoms with Gasteiger partial charge < -0.3 is 5.11 Å². The Morgan fingerprint density at radius 3 is 2.57 bits per heavy atom. The topological polar surface area (TPSA) is 50.9 Å². The van der Waals surface area contributed by atoms with Gasteiger partial charge in [0, 0.05) is 0 Å². The van der Waals surface area contributed by atoms with Crippen LogP contribution in [-0.2, 0) is 6.61 Å². The van der Waals surface area contributed by atoms with Gasteiger partial charge >= 0.3 is 0 Å². The van der Waals surface area contributed by atoms with Crippen LogP contribution >= 0.6 is 0 Å². The molecule has 0 aliphatic carbocycles. The van der Waals surface area contributed by atoms with Crippen molar-refractivity contribution >= 4 is 0 Å². The highest BCUT2D eigenvalue weighted by Gasteiger charge is 2.11. The quantitative estimate of drug-likeness (QED) is 0.770. The van der Waals surface area contributed by atoms with Crippen molar-refractivity contribution < 1.29 is 9.50 Å². The largest absolute Gasteiger partial charge is 0.390 e. The molecule has 0 fully saturated rings. The summed E-state index contributed by atoms with van der Waals surface area (Å²) in [5.41, 5.74) is 0.533. The van der Waals surface area contributed by atoms with Crippen molar-refractivity contribution in [2.75, 3.05) is 0 Å². The number of hydrogen-bond donors (Lipinski definition) is 1. The molecule has 0 spiro atoms. The second-order valence-electron chi connectivity index (χ2n) is 2.73. The Kier molecular flexibility index (Phi) is 2.24. The van der Waals surface area contributed by atoms with Crippen LogP contribution in [0.25, 0.3) is 5.69 Å². The molecule has 4 nitrogen and oxygen atoms in total. The van der Waals surface area contributed by atoms with Crippen molar-refractivity contribution in [3.8, 4) is 5.69 Å². The zero-order valence-corrected chi connectivity index (χ0v) is 7.26. The van der Waals surface area contributed by atoms with Crippen LogP contribution in [0.3, 0.4) is 0 Å². The minimum Gasteiger partial charge on any atom is -0.390 e. The summed E-state index contributed by atoms with van der Waals surface area (Å²) < 4.78 is 14.4. The van der Waals surface area contributed by atoms with E-state index in [-0.39, 0.29) is 5.69 Å². The molecule has 1 N–H and O–H groups in total. The lowest BCUT2D eigenvalue weighted by atomic mass is 10.3. The van der Waals surface area contributed by atoms with Gasteiger partial charge in [-0.1, -0.05) is 23.4 Å². The standard InChI is InChI=1S/C9H8FN3O/c10-9-8(6-14)11-12-13(9)7-4-2-1-3-5-7/h1-5,14H,6H2. The first-order valence-electron chi connectivity index (χ1n) is 4.09. The summed E-state index contributed by atoms with van der Waals surface area (Å²) in [6, 6.07) is 8.78. The Hall–Kier alpha value is -1.75. The van der Waals surface area contributed by atoms with E-state index in [0.29, 0.717) is 5.69 Å². The number of rotatable bonds is 2. The van der Waals surface area contributed by atoms with Crippen molar-refractivity contribution in [2.45, 2.75) is 6.61 Å². The first kappa shape index (κ1) is 8.83. The zero-order chi connectivity index (χ0) is 9.97. The van der Waals surface area contributed by atoms with Gasteiger partial charge in [0.05, 0.1) is 12.3 Å². The molecule has 2 aromatic rings. The van der Waals surface area contributed by atoms with Crippen LogP contribution in [0, 0.1) is 5.95 Å². The average molecular weight is 193 g/mol. The van der Waals surface area contributed by atoms with E-state index >= 15 is 0 Å². The lowest BCUT2D eigenvalue weighted by molar-refractivity contribution is 0.269. The van der Waals surface area contributed by atoms with Gasteiger partial charge in [-0.25, -0.2) is 0 Å². The van der Waals surface area contributed by atoms with Crippen LogP contribution in [-0.4, -0.2) is 20.1 Å². The Bertz CT molecular complexity index is 427. The van der Waals surface area contributed by atoms with Gasteiger partial charge in [-0.15, -0.1) is 5.10 Å². The minimum atomic E-state index is -0.626. The Balaban J connectivity index is 2.48. The summed E-state index contributed by atoms with van der Waals surface area (Å²) in [5.74, 6) is -0.626. The molecule has 0 atom stereocenters. The molecule has 0 saturated carbocycles. The second kappa shape index (κ2) is 3.55. The lowest BCUT2D eigenvalue weighted by Gasteiger charge is -1.98. The van der Waals surface area contributed by atoms with Crippen molar-refractivity contribution in [3.63, 3.8) is 0 Å². The number of hydrogen-bond acceptors (Lipinski definition) is 3. The van der Waals surface area contributed by atoms with Crippen molar-refractivity contribution in [2.24, 2.45) is 0 Å². The number of para-hydroxylation sites is 1. The highest BCUT2D eigenvalue weighted by molar-refractivity contribution is 5.30. The van der Waals surface area contributed by atoms with Crippen LogP contribution in [0.5, 0.6) is 0 Å². The monoisotopic (exact) mass is 193 g/mol. The molecule has 72 valence electrons. The number of aliphatic hydroxyl groups is 1. The fraction of sp³-hybridized carbons (Fsp3) is 0.111. The first-order valence-corrected chi connectivity index (χ1v) is 4.09. The van der Waals surface area contributed by atoms with Gasteiger partial charge in [-0.2, -0.15) is 9.07 Å². The van der Waals surface area contributed by atoms with Gasteiger partial charge in [0.2, 0.25) is 5.95 Å². The van der Waals surface area contributed by atoms with Gasteiger partial charge in [0.15, 0.2) is 0 Å². The summed E-state index contributed by atoms with van der Waals surface area (Å²) in [4.78, 5) is 0. The summed E-state index contributed by atoms with van der Waals surface area (Å²) in [7, 11) is 0. The number of aliphatic hydroxyl groups excluding tert-OH is 1. The molecular formula is C9H8FN3O. The van der Waals surface area contributed by atoms with Gasteiger partial charge in [0.1, 0.15) is 5.69 Å².